The zero-order chi connectivity index (χ0) is 13.2. The molecule has 1 heterocycles. The van der Waals surface area contributed by atoms with Crippen LogP contribution in [-0.2, 0) is 0 Å². The smallest absolute Gasteiger partial charge is 0.188 e. The number of hydrogen-bond acceptors (Lipinski definition) is 4. The zero-order valence-electron chi connectivity index (χ0n) is 10.5. The van der Waals surface area contributed by atoms with Gasteiger partial charge in [0, 0.05) is 5.69 Å². The molecule has 2 N–H and O–H groups in total. The molecule has 0 fully saturated rings. The van der Waals surface area contributed by atoms with Crippen molar-refractivity contribution < 1.29 is 5.11 Å². The summed E-state index contributed by atoms with van der Waals surface area (Å²) in [5.74, 6) is 0. The number of hydrogen-bond donors (Lipinski definition) is 2. The van der Waals surface area contributed by atoms with Gasteiger partial charge in [0.1, 0.15) is 0 Å². The van der Waals surface area contributed by atoms with E-state index in [2.05, 4.69) is 16.4 Å². The molecule has 19 heavy (non-hydrogen) atoms. The van der Waals surface area contributed by atoms with Crippen molar-refractivity contribution in [2.24, 2.45) is 0 Å². The largest absolute Gasteiger partial charge is 0.389 e. The number of nitrogens with zero attached hydrogens (tertiary/aromatic N) is 1. The molecule has 4 heteroatoms. The van der Waals surface area contributed by atoms with E-state index in [1.165, 1.54) is 4.70 Å². The van der Waals surface area contributed by atoms with Crippen molar-refractivity contribution in [1.29, 1.82) is 0 Å². The number of rotatable bonds is 3. The van der Waals surface area contributed by atoms with Crippen LogP contribution in [0.5, 0.6) is 0 Å². The molecular formula is C15H14N2OS. The molecule has 1 unspecified atom stereocenters. The molecule has 1 atom stereocenters. The average molecular weight is 270 g/mol. The number of nitrogens with one attached hydrogen (secondary N) is 1. The number of aliphatic hydroxyl groups is 1. The Hall–Kier alpha value is -1.91. The summed E-state index contributed by atoms with van der Waals surface area (Å²) in [7, 11) is 0. The van der Waals surface area contributed by atoms with Crippen LogP contribution in [-0.4, -0.2) is 10.1 Å². The van der Waals surface area contributed by atoms with Gasteiger partial charge in [0.2, 0.25) is 0 Å². The van der Waals surface area contributed by atoms with Crippen molar-refractivity contribution in [3.63, 3.8) is 0 Å². The van der Waals surface area contributed by atoms with E-state index < -0.39 is 6.10 Å². The minimum Gasteiger partial charge on any atom is -0.389 e. The van der Waals surface area contributed by atoms with Gasteiger partial charge in [0.15, 0.2) is 5.13 Å². The van der Waals surface area contributed by atoms with Crippen molar-refractivity contribution in [2.75, 3.05) is 5.32 Å². The van der Waals surface area contributed by atoms with Crippen molar-refractivity contribution in [3.8, 4) is 0 Å². The number of benzene rings is 2. The van der Waals surface area contributed by atoms with Crippen LogP contribution in [0.3, 0.4) is 0 Å². The predicted molar refractivity (Wildman–Crippen MR) is 80.0 cm³/mol. The van der Waals surface area contributed by atoms with Crippen LogP contribution >= 0.6 is 11.3 Å². The van der Waals surface area contributed by atoms with E-state index in [0.717, 1.165) is 21.9 Å². The molecule has 0 spiro atoms. The van der Waals surface area contributed by atoms with Gasteiger partial charge in [-0.05, 0) is 36.8 Å². The summed E-state index contributed by atoms with van der Waals surface area (Å²) in [6.45, 7) is 1.76. The first-order chi connectivity index (χ1) is 9.22. The molecule has 2 aromatic carbocycles. The second-order valence-corrected chi connectivity index (χ2v) is 5.44. The second kappa shape index (κ2) is 4.99. The van der Waals surface area contributed by atoms with Gasteiger partial charge in [0.05, 0.1) is 16.3 Å². The third kappa shape index (κ3) is 2.59. The van der Waals surface area contributed by atoms with Crippen LogP contribution in [0, 0.1) is 0 Å². The van der Waals surface area contributed by atoms with Gasteiger partial charge in [-0.1, -0.05) is 35.6 Å². The highest BCUT2D eigenvalue weighted by Crippen LogP contribution is 2.28. The van der Waals surface area contributed by atoms with Gasteiger partial charge < -0.3 is 10.4 Å². The van der Waals surface area contributed by atoms with E-state index in [4.69, 9.17) is 0 Å². The van der Waals surface area contributed by atoms with E-state index >= 15 is 0 Å². The fraction of sp³-hybridized carbons (Fsp3) is 0.133. The number of aliphatic hydroxyl groups excluding tert-OH is 1. The first kappa shape index (κ1) is 12.1. The molecule has 0 bridgehead atoms. The number of aromatic nitrogens is 1. The number of fused-ring (bicyclic) bond motifs is 1. The number of anilines is 2. The predicted octanol–water partition coefficient (Wildman–Crippen LogP) is 4.09. The van der Waals surface area contributed by atoms with Crippen molar-refractivity contribution in [1.82, 2.24) is 4.98 Å². The van der Waals surface area contributed by atoms with Gasteiger partial charge in [-0.15, -0.1) is 0 Å². The van der Waals surface area contributed by atoms with Crippen LogP contribution < -0.4 is 5.32 Å². The van der Waals surface area contributed by atoms with Crippen LogP contribution in [0.25, 0.3) is 10.2 Å². The molecule has 0 aliphatic rings. The molecule has 3 nitrogen and oxygen atoms in total. The fourth-order valence-electron chi connectivity index (χ4n) is 1.89. The molecule has 0 aliphatic carbocycles. The molecule has 0 saturated heterocycles. The zero-order valence-corrected chi connectivity index (χ0v) is 11.3. The maximum absolute atomic E-state index is 9.47. The maximum Gasteiger partial charge on any atom is 0.188 e. The fourth-order valence-corrected chi connectivity index (χ4v) is 2.78. The van der Waals surface area contributed by atoms with E-state index in [0.29, 0.717) is 0 Å². The molecule has 0 aliphatic heterocycles. The lowest BCUT2D eigenvalue weighted by Gasteiger charge is -2.06. The minimum absolute atomic E-state index is 0.434. The average Bonchev–Trinajstić information content (AvgIpc) is 2.81. The Morgan fingerprint density at radius 1 is 1.11 bits per heavy atom. The van der Waals surface area contributed by atoms with Crippen LogP contribution in [0.4, 0.5) is 10.8 Å². The van der Waals surface area contributed by atoms with Crippen LogP contribution in [0.1, 0.15) is 18.6 Å². The molecule has 1 aromatic heterocycles. The highest BCUT2D eigenvalue weighted by molar-refractivity contribution is 7.22. The normalized spacial score (nSPS) is 12.5. The second-order valence-electron chi connectivity index (χ2n) is 4.41. The highest BCUT2D eigenvalue weighted by atomic mass is 32.1. The summed E-state index contributed by atoms with van der Waals surface area (Å²) in [4.78, 5) is 4.52. The topological polar surface area (TPSA) is 45.1 Å². The quantitative estimate of drug-likeness (QED) is 0.753. The van der Waals surface area contributed by atoms with Gasteiger partial charge in [0.25, 0.3) is 0 Å². The lowest BCUT2D eigenvalue weighted by Crippen LogP contribution is -1.92. The van der Waals surface area contributed by atoms with E-state index in [9.17, 15) is 5.11 Å². The van der Waals surface area contributed by atoms with Gasteiger partial charge in [-0.3, -0.25) is 0 Å². The monoisotopic (exact) mass is 270 g/mol. The Labute approximate surface area is 115 Å². The Morgan fingerprint density at radius 3 is 2.53 bits per heavy atom. The Morgan fingerprint density at radius 2 is 1.84 bits per heavy atom. The Kier molecular flexibility index (Phi) is 3.19. The summed E-state index contributed by atoms with van der Waals surface area (Å²) in [6, 6.07) is 15.8. The third-order valence-corrected chi connectivity index (χ3v) is 3.89. The Bertz CT molecular complexity index is 656. The van der Waals surface area contributed by atoms with Crippen LogP contribution in [0.15, 0.2) is 48.5 Å². The summed E-state index contributed by atoms with van der Waals surface area (Å²) < 4.78 is 1.17. The minimum atomic E-state index is -0.434. The third-order valence-electron chi connectivity index (χ3n) is 2.94. The van der Waals surface area contributed by atoms with E-state index in [1.54, 1.807) is 18.3 Å². The Balaban J connectivity index is 1.84. The van der Waals surface area contributed by atoms with Gasteiger partial charge >= 0.3 is 0 Å². The lowest BCUT2D eigenvalue weighted by atomic mass is 10.1. The molecule has 3 aromatic rings. The first-order valence-corrected chi connectivity index (χ1v) is 6.94. The SMILES string of the molecule is CC(O)c1ccc(Nc2nc3ccccc3s2)cc1. The van der Waals surface area contributed by atoms with Crippen LogP contribution in [0.2, 0.25) is 0 Å². The molecule has 0 saturated carbocycles. The summed E-state index contributed by atoms with van der Waals surface area (Å²) in [5.41, 5.74) is 2.90. The van der Waals surface area contributed by atoms with E-state index in [-0.39, 0.29) is 0 Å². The molecule has 3 rings (SSSR count). The first-order valence-electron chi connectivity index (χ1n) is 6.13. The number of para-hydroxylation sites is 1. The van der Waals surface area contributed by atoms with Gasteiger partial charge in [-0.25, -0.2) is 4.98 Å². The van der Waals surface area contributed by atoms with Crippen molar-refractivity contribution in [2.45, 2.75) is 13.0 Å². The summed E-state index contributed by atoms with van der Waals surface area (Å²) >= 11 is 1.63. The number of thiazole rings is 1. The van der Waals surface area contributed by atoms with Crippen molar-refractivity contribution >= 4 is 32.4 Å². The lowest BCUT2D eigenvalue weighted by molar-refractivity contribution is 0.199. The molecule has 96 valence electrons. The summed E-state index contributed by atoms with van der Waals surface area (Å²) in [6.07, 6.45) is -0.434. The maximum atomic E-state index is 9.47. The summed E-state index contributed by atoms with van der Waals surface area (Å²) in [5, 5.41) is 13.6. The standard InChI is InChI=1S/C15H14N2OS/c1-10(18)11-6-8-12(9-7-11)16-15-17-13-4-2-3-5-14(13)19-15/h2-10,18H,1H3,(H,16,17). The highest BCUT2D eigenvalue weighted by Gasteiger charge is 2.04. The molecule has 0 radical (unpaired) electrons. The molecule has 0 amide bonds. The van der Waals surface area contributed by atoms with Crippen molar-refractivity contribution in [3.05, 3.63) is 54.1 Å². The van der Waals surface area contributed by atoms with E-state index in [1.807, 2.05) is 42.5 Å². The molecular weight excluding hydrogens is 256 g/mol. The van der Waals surface area contributed by atoms with Gasteiger partial charge in [-0.2, -0.15) is 0 Å².